The minimum atomic E-state index is -0.410. The van der Waals surface area contributed by atoms with E-state index in [4.69, 9.17) is 10.7 Å². The SMILES string of the molecule is CCn1c(S[C@H](C)C(N)=O)nc2sc3c(c2c1=O)CC[C@@H](C)C3. The molecule has 3 rings (SSSR count). The molecule has 0 aromatic carbocycles. The Morgan fingerprint density at radius 2 is 2.30 bits per heavy atom. The minimum absolute atomic E-state index is 0.0173. The van der Waals surface area contributed by atoms with Gasteiger partial charge < -0.3 is 5.73 Å². The van der Waals surface area contributed by atoms with E-state index in [0.717, 1.165) is 29.5 Å². The van der Waals surface area contributed by atoms with Gasteiger partial charge in [0, 0.05) is 11.4 Å². The van der Waals surface area contributed by atoms with Crippen LogP contribution in [0.15, 0.2) is 9.95 Å². The van der Waals surface area contributed by atoms with Gasteiger partial charge in [0.1, 0.15) is 4.83 Å². The van der Waals surface area contributed by atoms with Gasteiger partial charge in [-0.15, -0.1) is 11.3 Å². The fraction of sp³-hybridized carbons (Fsp3) is 0.562. The van der Waals surface area contributed by atoms with Gasteiger partial charge in [0.25, 0.3) is 5.56 Å². The van der Waals surface area contributed by atoms with Crippen LogP contribution in [0.1, 0.15) is 37.6 Å². The molecule has 0 aliphatic heterocycles. The molecule has 23 heavy (non-hydrogen) atoms. The highest BCUT2D eigenvalue weighted by atomic mass is 32.2. The van der Waals surface area contributed by atoms with Crippen LogP contribution in [0.25, 0.3) is 10.2 Å². The van der Waals surface area contributed by atoms with Crippen molar-refractivity contribution in [1.29, 1.82) is 0 Å². The first kappa shape index (κ1) is 16.5. The van der Waals surface area contributed by atoms with Crippen LogP contribution >= 0.6 is 23.1 Å². The van der Waals surface area contributed by atoms with E-state index >= 15 is 0 Å². The number of hydrogen-bond acceptors (Lipinski definition) is 5. The second kappa shape index (κ2) is 6.28. The molecule has 7 heteroatoms. The molecule has 0 saturated heterocycles. The van der Waals surface area contributed by atoms with Crippen LogP contribution in [0.5, 0.6) is 0 Å². The van der Waals surface area contributed by atoms with Crippen LogP contribution in [0.3, 0.4) is 0 Å². The van der Waals surface area contributed by atoms with Crippen molar-refractivity contribution >= 4 is 39.2 Å². The quantitative estimate of drug-likeness (QED) is 0.678. The van der Waals surface area contributed by atoms with E-state index in [1.807, 2.05) is 6.92 Å². The second-order valence-electron chi connectivity index (χ2n) is 6.14. The standard InChI is InChI=1S/C16H21N3O2S2/c1-4-19-15(21)12-10-6-5-8(2)7-11(10)23-14(12)18-16(19)22-9(3)13(17)20/h8-9H,4-7H2,1-3H3,(H2,17,20)/t8-,9-/m1/s1. The van der Waals surface area contributed by atoms with Crippen molar-refractivity contribution in [2.45, 2.75) is 57.0 Å². The molecule has 1 amide bonds. The van der Waals surface area contributed by atoms with Crippen molar-refractivity contribution in [1.82, 2.24) is 9.55 Å². The molecule has 2 heterocycles. The Hall–Kier alpha value is -1.34. The predicted molar refractivity (Wildman–Crippen MR) is 95.3 cm³/mol. The lowest BCUT2D eigenvalue weighted by Crippen LogP contribution is -2.27. The first-order valence-corrected chi connectivity index (χ1v) is 9.63. The van der Waals surface area contributed by atoms with E-state index in [2.05, 4.69) is 6.92 Å². The number of fused-ring (bicyclic) bond motifs is 3. The molecular formula is C16H21N3O2S2. The Morgan fingerprint density at radius 1 is 1.57 bits per heavy atom. The second-order valence-corrected chi connectivity index (χ2v) is 8.53. The Labute approximate surface area is 143 Å². The summed E-state index contributed by atoms with van der Waals surface area (Å²) in [4.78, 5) is 31.1. The van der Waals surface area contributed by atoms with Gasteiger partial charge in [0.15, 0.2) is 5.16 Å². The summed E-state index contributed by atoms with van der Waals surface area (Å²) in [7, 11) is 0. The van der Waals surface area contributed by atoms with Crippen molar-refractivity contribution in [2.75, 3.05) is 0 Å². The van der Waals surface area contributed by atoms with Gasteiger partial charge in [-0.05, 0) is 44.6 Å². The molecule has 0 unspecified atom stereocenters. The fourth-order valence-electron chi connectivity index (χ4n) is 2.99. The zero-order valence-corrected chi connectivity index (χ0v) is 15.2. The molecule has 124 valence electrons. The van der Waals surface area contributed by atoms with E-state index in [9.17, 15) is 9.59 Å². The Kier molecular flexibility index (Phi) is 4.51. The van der Waals surface area contributed by atoms with E-state index < -0.39 is 11.2 Å². The molecule has 2 N–H and O–H groups in total. The normalized spacial score (nSPS) is 18.8. The van der Waals surface area contributed by atoms with Gasteiger partial charge in [-0.3, -0.25) is 14.2 Å². The summed E-state index contributed by atoms with van der Waals surface area (Å²) in [6, 6.07) is 0. The largest absolute Gasteiger partial charge is 0.369 e. The Balaban J connectivity index is 2.16. The van der Waals surface area contributed by atoms with E-state index in [-0.39, 0.29) is 5.56 Å². The number of hydrogen-bond donors (Lipinski definition) is 1. The number of primary amides is 1. The molecule has 2 atom stereocenters. The van der Waals surface area contributed by atoms with Crippen LogP contribution in [0, 0.1) is 5.92 Å². The lowest BCUT2D eigenvalue weighted by atomic mass is 9.89. The number of aromatic nitrogens is 2. The average molecular weight is 351 g/mol. The van der Waals surface area contributed by atoms with E-state index in [1.165, 1.54) is 22.2 Å². The molecule has 1 aliphatic rings. The first-order chi connectivity index (χ1) is 10.9. The maximum absolute atomic E-state index is 12.9. The van der Waals surface area contributed by atoms with Crippen LogP contribution in [0.4, 0.5) is 0 Å². The summed E-state index contributed by atoms with van der Waals surface area (Å²) < 4.78 is 1.66. The number of amides is 1. The maximum atomic E-state index is 12.9. The van der Waals surface area contributed by atoms with Crippen molar-refractivity contribution in [3.05, 3.63) is 20.8 Å². The van der Waals surface area contributed by atoms with Crippen LogP contribution in [0.2, 0.25) is 0 Å². The predicted octanol–water partition coefficient (Wildman–Crippen LogP) is 2.57. The van der Waals surface area contributed by atoms with E-state index in [1.54, 1.807) is 22.8 Å². The zero-order valence-electron chi connectivity index (χ0n) is 13.6. The lowest BCUT2D eigenvalue weighted by Gasteiger charge is -2.17. The monoisotopic (exact) mass is 351 g/mol. The third kappa shape index (κ3) is 2.92. The number of thiophene rings is 1. The Morgan fingerprint density at radius 3 is 2.96 bits per heavy atom. The van der Waals surface area contributed by atoms with Gasteiger partial charge in [-0.2, -0.15) is 0 Å². The highest BCUT2D eigenvalue weighted by Crippen LogP contribution is 2.36. The van der Waals surface area contributed by atoms with Crippen molar-refractivity contribution < 1.29 is 4.79 Å². The van der Waals surface area contributed by atoms with Crippen LogP contribution in [-0.4, -0.2) is 20.7 Å². The number of rotatable bonds is 4. The zero-order chi connectivity index (χ0) is 16.7. The number of carbonyl (C=O) groups excluding carboxylic acids is 1. The fourth-order valence-corrected chi connectivity index (χ4v) is 5.34. The number of nitrogens with zero attached hydrogens (tertiary/aromatic N) is 2. The molecule has 0 saturated carbocycles. The summed E-state index contributed by atoms with van der Waals surface area (Å²) in [5.41, 5.74) is 6.56. The first-order valence-electron chi connectivity index (χ1n) is 7.93. The summed E-state index contributed by atoms with van der Waals surface area (Å²) >= 11 is 2.89. The number of thioether (sulfide) groups is 1. The highest BCUT2D eigenvalue weighted by Gasteiger charge is 2.25. The summed E-state index contributed by atoms with van der Waals surface area (Å²) in [5, 5.41) is 0.963. The van der Waals surface area contributed by atoms with Gasteiger partial charge in [-0.1, -0.05) is 18.7 Å². The van der Waals surface area contributed by atoms with Crippen molar-refractivity contribution in [2.24, 2.45) is 11.7 Å². The molecule has 0 fully saturated rings. The Bertz CT molecular complexity index is 825. The highest BCUT2D eigenvalue weighted by molar-refractivity contribution is 8.00. The van der Waals surface area contributed by atoms with Gasteiger partial charge >= 0.3 is 0 Å². The van der Waals surface area contributed by atoms with Gasteiger partial charge in [0.2, 0.25) is 5.91 Å². The van der Waals surface area contributed by atoms with Crippen LogP contribution in [-0.2, 0) is 24.2 Å². The topological polar surface area (TPSA) is 78.0 Å². The number of nitrogens with two attached hydrogens (primary N) is 1. The summed E-state index contributed by atoms with van der Waals surface area (Å²) in [5.74, 6) is 0.263. The summed E-state index contributed by atoms with van der Waals surface area (Å²) in [6.07, 6.45) is 3.11. The third-order valence-corrected chi connectivity index (χ3v) is 6.64. The van der Waals surface area contributed by atoms with E-state index in [0.29, 0.717) is 17.6 Å². The maximum Gasteiger partial charge on any atom is 0.263 e. The molecule has 2 aromatic rings. The third-order valence-electron chi connectivity index (χ3n) is 4.38. The molecule has 5 nitrogen and oxygen atoms in total. The molecule has 0 radical (unpaired) electrons. The number of carbonyl (C=O) groups is 1. The smallest absolute Gasteiger partial charge is 0.263 e. The van der Waals surface area contributed by atoms with Crippen molar-refractivity contribution in [3.63, 3.8) is 0 Å². The van der Waals surface area contributed by atoms with Crippen LogP contribution < -0.4 is 11.3 Å². The molecule has 0 bridgehead atoms. The average Bonchev–Trinajstić information content (AvgIpc) is 2.84. The lowest BCUT2D eigenvalue weighted by molar-refractivity contribution is -0.117. The molecular weight excluding hydrogens is 330 g/mol. The molecule has 1 aliphatic carbocycles. The van der Waals surface area contributed by atoms with Gasteiger partial charge in [0.05, 0.1) is 10.6 Å². The summed E-state index contributed by atoms with van der Waals surface area (Å²) in [6.45, 7) is 6.46. The molecule has 2 aromatic heterocycles. The minimum Gasteiger partial charge on any atom is -0.369 e. The number of aryl methyl sites for hydroxylation is 1. The van der Waals surface area contributed by atoms with Gasteiger partial charge in [-0.25, -0.2) is 4.98 Å². The molecule has 0 spiro atoms. The van der Waals surface area contributed by atoms with Crippen molar-refractivity contribution in [3.8, 4) is 0 Å².